The molecule has 0 unspecified atom stereocenters. The molecule has 2 aliphatic carbocycles. The highest BCUT2D eigenvalue weighted by molar-refractivity contribution is 7.98. The van der Waals surface area contributed by atoms with Gasteiger partial charge in [-0.25, -0.2) is 25.3 Å². The average molecular weight is 1330 g/mol. The van der Waals surface area contributed by atoms with E-state index in [4.69, 9.17) is 4.74 Å². The van der Waals surface area contributed by atoms with E-state index in [-0.39, 0.29) is 43.2 Å². The van der Waals surface area contributed by atoms with E-state index in [1.54, 1.807) is 24.3 Å². The SMILES string of the molecule is CS(=O)(=O)c1ccc([S+](c2ccccc2)c2ccccc2)cc1.O=S(=O)(c1ccc([S+](c2ccccc2)c2ccccc2)cc1)C1CCCC1.O=S(=O)(c1ccc([S+](c2ccccc2)c2ccccc2)cc1)C1CCCCC1.c1ccc([S+]2CCOCC2)cc1. The number of ether oxygens (including phenoxy) is 1. The van der Waals surface area contributed by atoms with Crippen molar-refractivity contribution in [3.05, 3.63) is 285 Å². The van der Waals surface area contributed by atoms with Crippen molar-refractivity contribution in [3.63, 3.8) is 0 Å². The molecule has 7 nitrogen and oxygen atoms in total. The van der Waals surface area contributed by atoms with Crippen LogP contribution in [0.1, 0.15) is 57.8 Å². The average Bonchev–Trinajstić information content (AvgIpc) is 1.59. The molecule has 90 heavy (non-hydrogen) atoms. The third-order valence-electron chi connectivity index (χ3n) is 15.9. The van der Waals surface area contributed by atoms with Gasteiger partial charge in [0.25, 0.3) is 0 Å². The maximum atomic E-state index is 13.0. The fourth-order valence-corrected chi connectivity index (χ4v) is 23.7. The molecule has 14 heteroatoms. The summed E-state index contributed by atoms with van der Waals surface area (Å²) < 4.78 is 80.4. The molecule has 3 fully saturated rings. The lowest BCUT2D eigenvalue weighted by Crippen LogP contribution is -2.26. The standard InChI is InChI=1S/C24H25O2S2.C23H23O2S2.C19H17O2S2.C10H13OS/c25-28(26,23-14-8-3-9-15-23)24-18-16-22(17-19-24)27(20-10-4-1-5-11-20)21-12-6-2-7-13-21;24-27(25,22-13-7-8-14-22)23-17-15-21(16-18-23)26(19-9-3-1-4-10-19)20-11-5-2-6-12-20;1-23(20,21)19-14-12-18(13-15-19)22(16-8-4-2-5-9-16)17-10-6-3-7-11-17;1-2-4-10(5-3-1)12-8-6-11-7-9-12/h1-2,4-7,10-13,16-19,23H,3,8-9,14-15H2;1-6,9-12,15-18,22H,7-8,13-14H2;2-15H,1H3;1-5H,6-9H2/q4*+1. The van der Waals surface area contributed by atoms with E-state index in [0.717, 1.165) is 85.7 Å². The predicted molar refractivity (Wildman–Crippen MR) is 374 cm³/mol. The zero-order chi connectivity index (χ0) is 62.6. The van der Waals surface area contributed by atoms with Crippen LogP contribution in [0.5, 0.6) is 0 Å². The van der Waals surface area contributed by atoms with Crippen molar-refractivity contribution in [3.8, 4) is 0 Å². The second kappa shape index (κ2) is 32.6. The van der Waals surface area contributed by atoms with Gasteiger partial charge < -0.3 is 4.74 Å². The first-order valence-electron chi connectivity index (χ1n) is 30.7. The first kappa shape index (κ1) is 66.3. The molecule has 10 aromatic carbocycles. The molecule has 0 amide bonds. The first-order valence-corrected chi connectivity index (χ1v) is 40.9. The summed E-state index contributed by atoms with van der Waals surface area (Å²) >= 11 is 0. The molecular formula is C76H78O7S7+4. The Balaban J connectivity index is 0.000000136. The van der Waals surface area contributed by atoms with Gasteiger partial charge in [0.2, 0.25) is 0 Å². The van der Waals surface area contributed by atoms with Crippen molar-refractivity contribution < 1.29 is 30.0 Å². The summed E-state index contributed by atoms with van der Waals surface area (Å²) in [6.45, 7) is 1.88. The van der Waals surface area contributed by atoms with Crippen LogP contribution in [0.15, 0.2) is 349 Å². The van der Waals surface area contributed by atoms with Gasteiger partial charge in [0, 0.05) is 17.2 Å². The van der Waals surface area contributed by atoms with Crippen LogP contribution in [-0.2, 0) is 77.8 Å². The summed E-state index contributed by atoms with van der Waals surface area (Å²) in [5, 5.41) is -0.418. The Bertz CT molecular complexity index is 3980. The molecule has 1 heterocycles. The van der Waals surface area contributed by atoms with Crippen molar-refractivity contribution in [2.24, 2.45) is 0 Å². The highest BCUT2D eigenvalue weighted by Crippen LogP contribution is 2.37. The van der Waals surface area contributed by atoms with E-state index >= 15 is 0 Å². The summed E-state index contributed by atoms with van der Waals surface area (Å²) in [7, 11) is -9.88. The maximum absolute atomic E-state index is 13.0. The highest BCUT2D eigenvalue weighted by Gasteiger charge is 2.35. The third-order valence-corrected chi connectivity index (χ3v) is 30.5. The lowest BCUT2D eigenvalue weighted by molar-refractivity contribution is 0.159. The molecule has 13 rings (SSSR count). The van der Waals surface area contributed by atoms with Crippen molar-refractivity contribution in [1.82, 2.24) is 0 Å². The van der Waals surface area contributed by atoms with Gasteiger partial charge in [0.05, 0.1) is 71.1 Å². The van der Waals surface area contributed by atoms with Crippen LogP contribution in [0.4, 0.5) is 0 Å². The van der Waals surface area contributed by atoms with Crippen molar-refractivity contribution >= 4 is 73.1 Å². The van der Waals surface area contributed by atoms with Gasteiger partial charge in [-0.1, -0.05) is 159 Å². The fourth-order valence-electron chi connectivity index (χ4n) is 11.2. The topological polar surface area (TPSA) is 112 Å². The van der Waals surface area contributed by atoms with E-state index in [9.17, 15) is 25.3 Å². The third kappa shape index (κ3) is 17.7. The number of rotatable bonds is 15. The normalized spacial score (nSPS) is 15.0. The molecule has 2 saturated carbocycles. The van der Waals surface area contributed by atoms with Crippen LogP contribution < -0.4 is 0 Å². The van der Waals surface area contributed by atoms with Gasteiger partial charge in [-0.05, 0) is 183 Å². The van der Waals surface area contributed by atoms with Crippen molar-refractivity contribution in [2.45, 2.75) is 132 Å². The Labute approximate surface area is 546 Å². The van der Waals surface area contributed by atoms with Gasteiger partial charge in [-0.2, -0.15) is 0 Å². The van der Waals surface area contributed by atoms with Gasteiger partial charge >= 0.3 is 0 Å². The largest absolute Gasteiger partial charge is 0.372 e. The van der Waals surface area contributed by atoms with Crippen LogP contribution in [0.2, 0.25) is 0 Å². The van der Waals surface area contributed by atoms with Crippen LogP contribution in [0.3, 0.4) is 0 Å². The molecular weight excluding hydrogens is 1250 g/mol. The quantitative estimate of drug-likeness (QED) is 0.0940. The monoisotopic (exact) mass is 1330 g/mol. The minimum absolute atomic E-state index is 0.204. The number of benzene rings is 10. The predicted octanol–water partition coefficient (Wildman–Crippen LogP) is 17.3. The van der Waals surface area contributed by atoms with E-state index in [1.807, 2.05) is 109 Å². The van der Waals surface area contributed by atoms with Crippen molar-refractivity contribution in [2.75, 3.05) is 31.0 Å². The summed E-state index contributed by atoms with van der Waals surface area (Å²) in [6.07, 6.45) is 9.65. The van der Waals surface area contributed by atoms with Crippen LogP contribution in [-0.4, -0.2) is 66.7 Å². The lowest BCUT2D eigenvalue weighted by atomic mass is 10.0. The Kier molecular flexibility index (Phi) is 24.0. The molecule has 0 N–H and O–H groups in total. The molecule has 0 aromatic heterocycles. The number of hydrogen-bond acceptors (Lipinski definition) is 7. The Morgan fingerprint density at radius 2 is 0.533 bits per heavy atom. The van der Waals surface area contributed by atoms with Gasteiger partial charge in [-0.3, -0.25) is 0 Å². The van der Waals surface area contributed by atoms with E-state index in [1.165, 1.54) is 52.0 Å². The van der Waals surface area contributed by atoms with Gasteiger partial charge in [0.1, 0.15) is 11.5 Å². The lowest BCUT2D eigenvalue weighted by Gasteiger charge is -2.21. The van der Waals surface area contributed by atoms with Crippen LogP contribution in [0, 0.1) is 0 Å². The van der Waals surface area contributed by atoms with Crippen LogP contribution in [0.25, 0.3) is 0 Å². The molecule has 10 aromatic rings. The summed E-state index contributed by atoms with van der Waals surface area (Å²) in [6, 6.07) is 95.4. The number of hydrogen-bond donors (Lipinski definition) is 0. The molecule has 0 atom stereocenters. The Morgan fingerprint density at radius 1 is 0.300 bits per heavy atom. The second-order valence-electron chi connectivity index (χ2n) is 22.1. The summed E-state index contributed by atoms with van der Waals surface area (Å²) in [4.78, 5) is 13.5. The first-order chi connectivity index (χ1) is 43.8. The minimum Gasteiger partial charge on any atom is -0.372 e. The van der Waals surface area contributed by atoms with E-state index in [2.05, 4.69) is 152 Å². The molecule has 462 valence electrons. The molecule has 0 bridgehead atoms. The minimum atomic E-state index is -3.23. The number of sulfone groups is 3. The summed E-state index contributed by atoms with van der Waals surface area (Å²) in [5.74, 6) is 2.42. The van der Waals surface area contributed by atoms with Gasteiger partial charge in [0.15, 0.2) is 78.5 Å². The summed E-state index contributed by atoms with van der Waals surface area (Å²) in [5.41, 5.74) is 0. The van der Waals surface area contributed by atoms with E-state index < -0.39 is 29.5 Å². The zero-order valence-electron chi connectivity index (χ0n) is 50.7. The smallest absolute Gasteiger partial charge is 0.181 e. The molecule has 0 spiro atoms. The van der Waals surface area contributed by atoms with Crippen LogP contribution >= 0.6 is 0 Å². The maximum Gasteiger partial charge on any atom is 0.181 e. The molecule has 0 radical (unpaired) electrons. The molecule has 1 aliphatic heterocycles. The second-order valence-corrected chi connectivity index (χ2v) is 36.9. The van der Waals surface area contributed by atoms with Gasteiger partial charge in [-0.15, -0.1) is 0 Å². The zero-order valence-corrected chi connectivity index (χ0v) is 56.4. The fraction of sp³-hybridized carbons (Fsp3) is 0.211. The molecule has 3 aliphatic rings. The van der Waals surface area contributed by atoms with Crippen molar-refractivity contribution in [1.29, 1.82) is 0 Å². The Hall–Kier alpha value is -6.59. The van der Waals surface area contributed by atoms with E-state index in [0.29, 0.717) is 25.6 Å². The molecule has 1 saturated heterocycles. The Morgan fingerprint density at radius 3 is 0.800 bits per heavy atom. The highest BCUT2D eigenvalue weighted by atomic mass is 32.2.